The summed E-state index contributed by atoms with van der Waals surface area (Å²) in [7, 11) is 2.93. The molecular weight excluding hydrogens is 373 g/mol. The van der Waals surface area contributed by atoms with Crippen LogP contribution >= 0.6 is 0 Å². The minimum atomic E-state index is -0.347. The summed E-state index contributed by atoms with van der Waals surface area (Å²) in [6.45, 7) is 2.13. The zero-order valence-corrected chi connectivity index (χ0v) is 17.2. The molecule has 0 unspecified atom stereocenters. The molecule has 0 saturated heterocycles. The molecule has 2 aromatic heterocycles. The Morgan fingerprint density at radius 2 is 1.83 bits per heavy atom. The lowest BCUT2D eigenvalue weighted by Gasteiger charge is -2.33. The fourth-order valence-corrected chi connectivity index (χ4v) is 4.36. The molecule has 0 aromatic carbocycles. The van der Waals surface area contributed by atoms with Gasteiger partial charge in [-0.3, -0.25) is 4.79 Å². The third kappa shape index (κ3) is 4.89. The molecule has 3 rings (SSSR count). The Morgan fingerprint density at radius 1 is 1.14 bits per heavy atom. The first-order chi connectivity index (χ1) is 14.1. The van der Waals surface area contributed by atoms with Crippen molar-refractivity contribution in [2.24, 2.45) is 11.8 Å². The van der Waals surface area contributed by atoms with Gasteiger partial charge >= 0.3 is 6.01 Å². The van der Waals surface area contributed by atoms with Crippen molar-refractivity contribution < 1.29 is 18.7 Å². The van der Waals surface area contributed by atoms with E-state index in [-0.39, 0.29) is 29.4 Å². The fourth-order valence-electron chi connectivity index (χ4n) is 4.36. The van der Waals surface area contributed by atoms with Gasteiger partial charge in [-0.25, -0.2) is 19.3 Å². The van der Waals surface area contributed by atoms with Crippen LogP contribution in [-0.2, 0) is 0 Å². The third-order valence-corrected chi connectivity index (χ3v) is 6.06. The van der Waals surface area contributed by atoms with Gasteiger partial charge in [-0.05, 0) is 55.1 Å². The second-order valence-corrected chi connectivity index (χ2v) is 7.59. The van der Waals surface area contributed by atoms with Crippen molar-refractivity contribution in [2.45, 2.75) is 51.4 Å². The SMILES string of the molecule is CC[C@@H](CC(=O)c1cnc(OC)nc1)C1CCC(c2ccnc(OC)c2F)CC1. The lowest BCUT2D eigenvalue weighted by Crippen LogP contribution is -2.23. The van der Waals surface area contributed by atoms with Crippen LogP contribution in [0.3, 0.4) is 0 Å². The predicted octanol–water partition coefficient (Wildman–Crippen LogP) is 4.60. The summed E-state index contributed by atoms with van der Waals surface area (Å²) in [5.41, 5.74) is 1.21. The van der Waals surface area contributed by atoms with Gasteiger partial charge in [-0.15, -0.1) is 0 Å². The molecule has 1 atom stereocenters. The number of ketones is 1. The number of carbonyl (C=O) groups is 1. The van der Waals surface area contributed by atoms with Crippen molar-refractivity contribution in [1.82, 2.24) is 15.0 Å². The van der Waals surface area contributed by atoms with Crippen LogP contribution in [-0.4, -0.2) is 35.0 Å². The van der Waals surface area contributed by atoms with E-state index >= 15 is 0 Å². The van der Waals surface area contributed by atoms with Gasteiger partial charge < -0.3 is 9.47 Å². The fraction of sp³-hybridized carbons (Fsp3) is 0.545. The molecule has 7 heteroatoms. The van der Waals surface area contributed by atoms with E-state index in [2.05, 4.69) is 21.9 Å². The zero-order valence-electron chi connectivity index (χ0n) is 17.2. The molecule has 6 nitrogen and oxygen atoms in total. The summed E-state index contributed by atoms with van der Waals surface area (Å²) in [4.78, 5) is 24.6. The van der Waals surface area contributed by atoms with Crippen molar-refractivity contribution >= 4 is 5.78 Å². The number of halogens is 1. The van der Waals surface area contributed by atoms with Gasteiger partial charge in [-0.1, -0.05) is 13.3 Å². The van der Waals surface area contributed by atoms with Crippen LogP contribution in [0.15, 0.2) is 24.7 Å². The van der Waals surface area contributed by atoms with Gasteiger partial charge in [-0.2, -0.15) is 0 Å². The molecule has 1 saturated carbocycles. The number of carbonyl (C=O) groups excluding carboxylic acids is 1. The minimum Gasteiger partial charge on any atom is -0.479 e. The van der Waals surface area contributed by atoms with Gasteiger partial charge in [0.1, 0.15) is 0 Å². The highest BCUT2D eigenvalue weighted by molar-refractivity contribution is 5.95. The van der Waals surface area contributed by atoms with E-state index in [0.29, 0.717) is 29.4 Å². The van der Waals surface area contributed by atoms with E-state index in [9.17, 15) is 9.18 Å². The Labute approximate surface area is 170 Å². The number of aromatic nitrogens is 3. The standard InChI is InChI=1S/C22H28FN3O3/c1-4-14(11-19(27)17-12-25-22(29-3)26-13-17)15-5-7-16(8-6-15)18-9-10-24-21(28-2)20(18)23/h9-10,12-16H,4-8,11H2,1-3H3/t14-,15?,16?/m0/s1. The number of nitrogens with zero attached hydrogens (tertiary/aromatic N) is 3. The molecular formula is C22H28FN3O3. The van der Waals surface area contributed by atoms with E-state index in [0.717, 1.165) is 32.1 Å². The van der Waals surface area contributed by atoms with E-state index in [1.54, 1.807) is 12.3 Å². The molecule has 1 fully saturated rings. The Balaban J connectivity index is 1.60. The summed E-state index contributed by atoms with van der Waals surface area (Å²) in [6, 6.07) is 2.01. The van der Waals surface area contributed by atoms with Gasteiger partial charge in [0, 0.05) is 25.0 Å². The normalized spacial score (nSPS) is 20.1. The lowest BCUT2D eigenvalue weighted by molar-refractivity contribution is 0.0924. The van der Waals surface area contributed by atoms with Crippen LogP contribution in [0.2, 0.25) is 0 Å². The maximum atomic E-state index is 14.5. The second kappa shape index (κ2) is 9.76. The number of hydrogen-bond donors (Lipinski definition) is 0. The minimum absolute atomic E-state index is 0.0587. The van der Waals surface area contributed by atoms with Crippen molar-refractivity contribution in [3.8, 4) is 11.9 Å². The van der Waals surface area contributed by atoms with E-state index < -0.39 is 0 Å². The Hall–Kier alpha value is -2.57. The second-order valence-electron chi connectivity index (χ2n) is 7.59. The van der Waals surface area contributed by atoms with Gasteiger partial charge in [0.05, 0.1) is 19.8 Å². The van der Waals surface area contributed by atoms with Crippen molar-refractivity contribution in [2.75, 3.05) is 14.2 Å². The van der Waals surface area contributed by atoms with Crippen LogP contribution in [0.5, 0.6) is 11.9 Å². The summed E-state index contributed by atoms with van der Waals surface area (Å²) in [5, 5.41) is 0. The molecule has 0 N–H and O–H groups in total. The number of methoxy groups -OCH3 is 2. The highest BCUT2D eigenvalue weighted by atomic mass is 19.1. The maximum absolute atomic E-state index is 14.5. The number of pyridine rings is 1. The maximum Gasteiger partial charge on any atom is 0.316 e. The predicted molar refractivity (Wildman–Crippen MR) is 107 cm³/mol. The zero-order chi connectivity index (χ0) is 20.8. The number of rotatable bonds is 8. The largest absolute Gasteiger partial charge is 0.479 e. The van der Waals surface area contributed by atoms with E-state index in [1.807, 2.05) is 0 Å². The number of hydrogen-bond acceptors (Lipinski definition) is 6. The molecule has 0 bridgehead atoms. The Kier molecular flexibility index (Phi) is 7.12. The first kappa shape index (κ1) is 21.1. The van der Waals surface area contributed by atoms with Crippen molar-refractivity contribution in [3.63, 3.8) is 0 Å². The van der Waals surface area contributed by atoms with Crippen LogP contribution in [0.4, 0.5) is 4.39 Å². The molecule has 0 amide bonds. The van der Waals surface area contributed by atoms with Crippen molar-refractivity contribution in [3.05, 3.63) is 41.6 Å². The first-order valence-corrected chi connectivity index (χ1v) is 10.1. The lowest BCUT2D eigenvalue weighted by atomic mass is 9.71. The van der Waals surface area contributed by atoms with Gasteiger partial charge in [0.25, 0.3) is 0 Å². The molecule has 1 aliphatic rings. The van der Waals surface area contributed by atoms with Gasteiger partial charge in [0.2, 0.25) is 5.88 Å². The smallest absolute Gasteiger partial charge is 0.316 e. The average Bonchev–Trinajstić information content (AvgIpc) is 2.77. The average molecular weight is 401 g/mol. The molecule has 2 heterocycles. The number of ether oxygens (including phenoxy) is 2. The summed E-state index contributed by atoms with van der Waals surface area (Å²) < 4.78 is 24.5. The molecule has 2 aromatic rings. The highest BCUT2D eigenvalue weighted by Gasteiger charge is 2.30. The summed E-state index contributed by atoms with van der Waals surface area (Å²) >= 11 is 0. The monoisotopic (exact) mass is 401 g/mol. The van der Waals surface area contributed by atoms with E-state index in [1.165, 1.54) is 26.6 Å². The van der Waals surface area contributed by atoms with Crippen LogP contribution in [0.25, 0.3) is 0 Å². The molecule has 0 spiro atoms. The highest BCUT2D eigenvalue weighted by Crippen LogP contribution is 2.42. The molecule has 156 valence electrons. The topological polar surface area (TPSA) is 74.2 Å². The van der Waals surface area contributed by atoms with Crippen molar-refractivity contribution in [1.29, 1.82) is 0 Å². The Bertz CT molecular complexity index is 821. The van der Waals surface area contributed by atoms with Crippen LogP contribution in [0, 0.1) is 17.7 Å². The molecule has 0 radical (unpaired) electrons. The summed E-state index contributed by atoms with van der Waals surface area (Å²) in [6.07, 6.45) is 9.87. The number of Topliss-reactive ketones (excluding diaryl/α,β-unsaturated/α-hetero) is 1. The van der Waals surface area contributed by atoms with Gasteiger partial charge in [0.15, 0.2) is 11.6 Å². The third-order valence-electron chi connectivity index (χ3n) is 6.06. The molecule has 0 aliphatic heterocycles. The first-order valence-electron chi connectivity index (χ1n) is 10.1. The van der Waals surface area contributed by atoms with Crippen LogP contribution in [0.1, 0.15) is 67.3 Å². The molecule has 1 aliphatic carbocycles. The summed E-state index contributed by atoms with van der Waals surface area (Å²) in [5.74, 6) is 0.718. The van der Waals surface area contributed by atoms with Crippen LogP contribution < -0.4 is 9.47 Å². The Morgan fingerprint density at radius 3 is 2.41 bits per heavy atom. The molecule has 29 heavy (non-hydrogen) atoms. The quantitative estimate of drug-likeness (QED) is 0.602. The van der Waals surface area contributed by atoms with E-state index in [4.69, 9.17) is 9.47 Å².